The highest BCUT2D eigenvalue weighted by atomic mass is 35.5. The molecule has 0 saturated heterocycles. The van der Waals surface area contributed by atoms with E-state index < -0.39 is 0 Å². The van der Waals surface area contributed by atoms with E-state index in [-0.39, 0.29) is 5.97 Å². The largest absolute Gasteiger partial charge is 0.465 e. The van der Waals surface area contributed by atoms with Crippen molar-refractivity contribution in [3.05, 3.63) is 69.7 Å². The molecule has 3 rings (SSSR count). The zero-order chi connectivity index (χ0) is 16.2. The molecule has 1 aliphatic heterocycles. The number of esters is 1. The van der Waals surface area contributed by atoms with Gasteiger partial charge in [-0.05, 0) is 53.8 Å². The Balaban J connectivity index is 1.64. The molecule has 0 atom stereocenters. The van der Waals surface area contributed by atoms with Gasteiger partial charge in [-0.1, -0.05) is 29.8 Å². The predicted molar refractivity (Wildman–Crippen MR) is 91.9 cm³/mol. The number of benzene rings is 2. The first kappa shape index (κ1) is 16.0. The Morgan fingerprint density at radius 3 is 2.70 bits per heavy atom. The molecule has 0 N–H and O–H groups in total. The van der Waals surface area contributed by atoms with Crippen molar-refractivity contribution in [2.75, 3.05) is 20.2 Å². The molecule has 23 heavy (non-hydrogen) atoms. The smallest absolute Gasteiger partial charge is 0.337 e. The minimum Gasteiger partial charge on any atom is -0.465 e. The van der Waals surface area contributed by atoms with Gasteiger partial charge in [0.15, 0.2) is 0 Å². The van der Waals surface area contributed by atoms with Crippen LogP contribution in [-0.4, -0.2) is 31.1 Å². The van der Waals surface area contributed by atoms with E-state index >= 15 is 0 Å². The minimum absolute atomic E-state index is 0.272. The summed E-state index contributed by atoms with van der Waals surface area (Å²) in [7, 11) is 1.42. The first-order valence-corrected chi connectivity index (χ1v) is 8.20. The molecule has 0 saturated carbocycles. The van der Waals surface area contributed by atoms with E-state index in [9.17, 15) is 4.79 Å². The molecular formula is C19H20ClNO2. The van der Waals surface area contributed by atoms with Crippen LogP contribution in [0.2, 0.25) is 5.02 Å². The van der Waals surface area contributed by atoms with Crippen LogP contribution in [0.5, 0.6) is 0 Å². The first-order valence-electron chi connectivity index (χ1n) is 7.82. The Kier molecular flexibility index (Phi) is 4.99. The van der Waals surface area contributed by atoms with Gasteiger partial charge in [0.1, 0.15) is 0 Å². The van der Waals surface area contributed by atoms with Gasteiger partial charge in [0.05, 0.1) is 12.7 Å². The molecule has 4 heteroatoms. The zero-order valence-electron chi connectivity index (χ0n) is 13.2. The van der Waals surface area contributed by atoms with Crippen molar-refractivity contribution in [2.45, 2.75) is 19.4 Å². The van der Waals surface area contributed by atoms with E-state index in [2.05, 4.69) is 23.1 Å². The lowest BCUT2D eigenvalue weighted by Gasteiger charge is -2.29. The molecule has 120 valence electrons. The van der Waals surface area contributed by atoms with Gasteiger partial charge in [0.2, 0.25) is 0 Å². The number of methoxy groups -OCH3 is 1. The van der Waals surface area contributed by atoms with E-state index in [0.29, 0.717) is 5.56 Å². The van der Waals surface area contributed by atoms with Crippen molar-refractivity contribution in [2.24, 2.45) is 0 Å². The van der Waals surface area contributed by atoms with Crippen molar-refractivity contribution in [1.82, 2.24) is 4.90 Å². The highest BCUT2D eigenvalue weighted by molar-refractivity contribution is 6.30. The molecule has 0 spiro atoms. The molecule has 0 radical (unpaired) electrons. The van der Waals surface area contributed by atoms with E-state index in [1.54, 1.807) is 0 Å². The van der Waals surface area contributed by atoms with Crippen LogP contribution in [0.3, 0.4) is 0 Å². The summed E-state index contributed by atoms with van der Waals surface area (Å²) < 4.78 is 4.81. The molecule has 0 aliphatic carbocycles. The van der Waals surface area contributed by atoms with Gasteiger partial charge >= 0.3 is 5.97 Å². The molecule has 2 aromatic carbocycles. The highest BCUT2D eigenvalue weighted by Crippen LogP contribution is 2.21. The van der Waals surface area contributed by atoms with Gasteiger partial charge < -0.3 is 4.74 Å². The summed E-state index contributed by atoms with van der Waals surface area (Å²) in [6.45, 7) is 2.94. The molecule has 1 heterocycles. The Bertz CT molecular complexity index is 697. The fraction of sp³-hybridized carbons (Fsp3) is 0.316. The molecular weight excluding hydrogens is 310 g/mol. The SMILES string of the molecule is COC(=O)c1ccc2c(c1)CN(CCc1ccc(Cl)cc1)CC2. The number of halogens is 1. The molecule has 0 amide bonds. The summed E-state index contributed by atoms with van der Waals surface area (Å²) in [5.41, 5.74) is 4.49. The van der Waals surface area contributed by atoms with Crippen LogP contribution in [0.1, 0.15) is 27.0 Å². The molecule has 0 aromatic heterocycles. The lowest BCUT2D eigenvalue weighted by Crippen LogP contribution is -2.32. The molecule has 3 nitrogen and oxygen atoms in total. The van der Waals surface area contributed by atoms with Gasteiger partial charge in [-0.2, -0.15) is 0 Å². The number of hydrogen-bond donors (Lipinski definition) is 0. The fourth-order valence-corrected chi connectivity index (χ4v) is 3.12. The highest BCUT2D eigenvalue weighted by Gasteiger charge is 2.18. The van der Waals surface area contributed by atoms with E-state index in [0.717, 1.165) is 37.5 Å². The average molecular weight is 330 g/mol. The number of ether oxygens (including phenoxy) is 1. The van der Waals surface area contributed by atoms with Gasteiger partial charge in [-0.3, -0.25) is 4.90 Å². The lowest BCUT2D eigenvalue weighted by molar-refractivity contribution is 0.0600. The Labute approximate surface area is 141 Å². The number of fused-ring (bicyclic) bond motifs is 1. The van der Waals surface area contributed by atoms with Crippen LogP contribution in [0.25, 0.3) is 0 Å². The van der Waals surface area contributed by atoms with Gasteiger partial charge in [-0.25, -0.2) is 4.79 Å². The molecule has 0 fully saturated rings. The molecule has 0 bridgehead atoms. The number of carbonyl (C=O) groups is 1. The van der Waals surface area contributed by atoms with Gasteiger partial charge in [0, 0.05) is 24.7 Å². The summed E-state index contributed by atoms with van der Waals surface area (Å²) in [5, 5.41) is 0.774. The minimum atomic E-state index is -0.272. The second-order valence-electron chi connectivity index (χ2n) is 5.88. The van der Waals surface area contributed by atoms with Gasteiger partial charge in [-0.15, -0.1) is 0 Å². The Morgan fingerprint density at radius 2 is 1.96 bits per heavy atom. The first-order chi connectivity index (χ1) is 11.2. The number of hydrogen-bond acceptors (Lipinski definition) is 3. The van der Waals surface area contributed by atoms with Crippen LogP contribution in [0, 0.1) is 0 Å². The van der Waals surface area contributed by atoms with E-state index in [1.807, 2.05) is 24.3 Å². The third-order valence-electron chi connectivity index (χ3n) is 4.35. The number of carbonyl (C=O) groups excluding carboxylic acids is 1. The molecule has 2 aromatic rings. The monoisotopic (exact) mass is 329 g/mol. The lowest BCUT2D eigenvalue weighted by atomic mass is 9.97. The van der Waals surface area contributed by atoms with Crippen molar-refractivity contribution in [3.63, 3.8) is 0 Å². The van der Waals surface area contributed by atoms with Crippen molar-refractivity contribution in [1.29, 1.82) is 0 Å². The second-order valence-corrected chi connectivity index (χ2v) is 6.31. The Morgan fingerprint density at radius 1 is 1.17 bits per heavy atom. The average Bonchev–Trinajstić information content (AvgIpc) is 2.60. The van der Waals surface area contributed by atoms with Crippen LogP contribution >= 0.6 is 11.6 Å². The van der Waals surface area contributed by atoms with Crippen molar-refractivity contribution in [3.8, 4) is 0 Å². The van der Waals surface area contributed by atoms with Crippen LogP contribution in [0.15, 0.2) is 42.5 Å². The maximum Gasteiger partial charge on any atom is 0.337 e. The van der Waals surface area contributed by atoms with Crippen LogP contribution in [0.4, 0.5) is 0 Å². The van der Waals surface area contributed by atoms with Crippen LogP contribution < -0.4 is 0 Å². The third-order valence-corrected chi connectivity index (χ3v) is 4.60. The fourth-order valence-electron chi connectivity index (χ4n) is 2.99. The predicted octanol–water partition coefficient (Wildman–Crippen LogP) is 3.73. The maximum absolute atomic E-state index is 11.7. The van der Waals surface area contributed by atoms with Gasteiger partial charge in [0.25, 0.3) is 0 Å². The zero-order valence-corrected chi connectivity index (χ0v) is 14.0. The molecule has 0 unspecified atom stereocenters. The van der Waals surface area contributed by atoms with E-state index in [4.69, 9.17) is 16.3 Å². The summed E-state index contributed by atoms with van der Waals surface area (Å²) >= 11 is 5.92. The normalized spacial score (nSPS) is 14.3. The number of nitrogens with zero attached hydrogens (tertiary/aromatic N) is 1. The topological polar surface area (TPSA) is 29.5 Å². The summed E-state index contributed by atoms with van der Waals surface area (Å²) in [6.07, 6.45) is 2.03. The summed E-state index contributed by atoms with van der Waals surface area (Å²) in [6, 6.07) is 13.9. The third kappa shape index (κ3) is 3.92. The van der Waals surface area contributed by atoms with Crippen molar-refractivity contribution < 1.29 is 9.53 Å². The number of rotatable bonds is 4. The summed E-state index contributed by atoms with van der Waals surface area (Å²) in [5.74, 6) is -0.272. The summed E-state index contributed by atoms with van der Waals surface area (Å²) in [4.78, 5) is 14.1. The van der Waals surface area contributed by atoms with Crippen LogP contribution in [-0.2, 0) is 24.1 Å². The maximum atomic E-state index is 11.7. The Hall–Kier alpha value is -1.84. The molecule has 1 aliphatic rings. The van der Waals surface area contributed by atoms with Crippen molar-refractivity contribution >= 4 is 17.6 Å². The second kappa shape index (κ2) is 7.16. The quantitative estimate of drug-likeness (QED) is 0.800. The standard InChI is InChI=1S/C19H20ClNO2/c1-23-19(22)16-5-4-15-9-11-21(13-17(15)12-16)10-8-14-2-6-18(20)7-3-14/h2-7,12H,8-11,13H2,1H3. The van der Waals surface area contributed by atoms with E-state index in [1.165, 1.54) is 23.8 Å².